The molecule has 18 heavy (non-hydrogen) atoms. The number of aromatic nitrogens is 2. The third kappa shape index (κ3) is 2.19. The highest BCUT2D eigenvalue weighted by molar-refractivity contribution is 5.74. The van der Waals surface area contributed by atoms with Gasteiger partial charge in [-0.1, -0.05) is 32.1 Å². The highest BCUT2D eigenvalue weighted by Gasteiger charge is 2.14. The van der Waals surface area contributed by atoms with Crippen molar-refractivity contribution in [1.82, 2.24) is 9.78 Å². The van der Waals surface area contributed by atoms with E-state index in [2.05, 4.69) is 5.10 Å². The van der Waals surface area contributed by atoms with Gasteiger partial charge < -0.3 is 4.42 Å². The van der Waals surface area contributed by atoms with Crippen molar-refractivity contribution in [1.29, 1.82) is 0 Å². The Morgan fingerprint density at radius 2 is 2.17 bits per heavy atom. The van der Waals surface area contributed by atoms with E-state index in [1.54, 1.807) is 23.2 Å². The van der Waals surface area contributed by atoms with Gasteiger partial charge in [-0.2, -0.15) is 5.10 Å². The predicted molar refractivity (Wildman–Crippen MR) is 69.5 cm³/mol. The van der Waals surface area contributed by atoms with Crippen LogP contribution in [0.2, 0.25) is 0 Å². The molecule has 0 N–H and O–H groups in total. The minimum Gasteiger partial charge on any atom is -0.458 e. The largest absolute Gasteiger partial charge is 0.458 e. The SMILES string of the molecule is O=c1c2occc2cnn1CCC1CCCCC1. The molecule has 1 aliphatic carbocycles. The van der Waals surface area contributed by atoms with Gasteiger partial charge in [-0.05, 0) is 18.4 Å². The predicted octanol–water partition coefficient (Wildman–Crippen LogP) is 2.96. The molecular weight excluding hydrogens is 228 g/mol. The highest BCUT2D eigenvalue weighted by Crippen LogP contribution is 2.26. The summed E-state index contributed by atoms with van der Waals surface area (Å²) in [5.74, 6) is 0.764. The number of hydrogen-bond acceptors (Lipinski definition) is 3. The fourth-order valence-electron chi connectivity index (χ4n) is 2.84. The van der Waals surface area contributed by atoms with E-state index < -0.39 is 0 Å². The van der Waals surface area contributed by atoms with Crippen LogP contribution in [0.1, 0.15) is 38.5 Å². The quantitative estimate of drug-likeness (QED) is 0.836. The lowest BCUT2D eigenvalue weighted by Crippen LogP contribution is -2.23. The molecule has 2 heterocycles. The van der Waals surface area contributed by atoms with Crippen molar-refractivity contribution >= 4 is 11.0 Å². The number of rotatable bonds is 3. The van der Waals surface area contributed by atoms with Crippen molar-refractivity contribution in [3.8, 4) is 0 Å². The minimum atomic E-state index is -0.103. The molecule has 4 nitrogen and oxygen atoms in total. The Kier molecular flexibility index (Phi) is 3.17. The molecule has 1 saturated carbocycles. The van der Waals surface area contributed by atoms with Crippen LogP contribution in [-0.2, 0) is 6.54 Å². The number of furan rings is 1. The summed E-state index contributed by atoms with van der Waals surface area (Å²) in [6.45, 7) is 0.708. The van der Waals surface area contributed by atoms with Gasteiger partial charge in [-0.15, -0.1) is 0 Å². The van der Waals surface area contributed by atoms with Gasteiger partial charge in [0, 0.05) is 11.9 Å². The summed E-state index contributed by atoms with van der Waals surface area (Å²) >= 11 is 0. The van der Waals surface area contributed by atoms with Gasteiger partial charge in [0.25, 0.3) is 0 Å². The Hall–Kier alpha value is -1.58. The van der Waals surface area contributed by atoms with Crippen molar-refractivity contribution in [2.75, 3.05) is 0 Å². The molecule has 0 spiro atoms. The van der Waals surface area contributed by atoms with Crippen LogP contribution >= 0.6 is 0 Å². The van der Waals surface area contributed by atoms with E-state index in [0.717, 1.165) is 17.7 Å². The Morgan fingerprint density at radius 1 is 1.33 bits per heavy atom. The van der Waals surface area contributed by atoms with E-state index in [-0.39, 0.29) is 5.56 Å². The van der Waals surface area contributed by atoms with Crippen LogP contribution in [0, 0.1) is 5.92 Å². The van der Waals surface area contributed by atoms with Crippen LogP contribution in [-0.4, -0.2) is 9.78 Å². The second kappa shape index (κ2) is 4.96. The van der Waals surface area contributed by atoms with Crippen LogP contribution < -0.4 is 5.56 Å². The van der Waals surface area contributed by atoms with Crippen molar-refractivity contribution in [3.05, 3.63) is 28.9 Å². The molecule has 4 heteroatoms. The highest BCUT2D eigenvalue weighted by atomic mass is 16.3. The first-order valence-electron chi connectivity index (χ1n) is 6.78. The molecule has 1 aliphatic rings. The fraction of sp³-hybridized carbons (Fsp3) is 0.571. The second-order valence-corrected chi connectivity index (χ2v) is 5.17. The molecule has 0 amide bonds. The zero-order valence-electron chi connectivity index (χ0n) is 10.5. The van der Waals surface area contributed by atoms with E-state index >= 15 is 0 Å². The molecule has 0 aliphatic heterocycles. The molecule has 3 rings (SSSR count). The van der Waals surface area contributed by atoms with Crippen LogP contribution in [0.3, 0.4) is 0 Å². The van der Waals surface area contributed by atoms with E-state index in [0.29, 0.717) is 12.1 Å². The average molecular weight is 246 g/mol. The number of nitrogens with zero attached hydrogens (tertiary/aromatic N) is 2. The molecule has 0 aromatic carbocycles. The normalized spacial score (nSPS) is 17.3. The Labute approximate surface area is 106 Å². The van der Waals surface area contributed by atoms with Crippen LogP contribution in [0.5, 0.6) is 0 Å². The lowest BCUT2D eigenvalue weighted by molar-refractivity contribution is 0.316. The molecule has 2 aromatic rings. The molecule has 96 valence electrons. The molecule has 0 atom stereocenters. The van der Waals surface area contributed by atoms with Crippen molar-refractivity contribution < 1.29 is 4.42 Å². The molecular formula is C14H18N2O2. The standard InChI is InChI=1S/C14H18N2O2/c17-14-13-12(7-9-18-13)10-15-16(14)8-6-11-4-2-1-3-5-11/h7,9-11H,1-6,8H2. The van der Waals surface area contributed by atoms with Gasteiger partial charge >= 0.3 is 5.56 Å². The molecule has 0 radical (unpaired) electrons. The summed E-state index contributed by atoms with van der Waals surface area (Å²) in [5.41, 5.74) is 0.321. The lowest BCUT2D eigenvalue weighted by atomic mass is 9.87. The maximum Gasteiger partial charge on any atom is 0.310 e. The number of hydrogen-bond donors (Lipinski definition) is 0. The van der Waals surface area contributed by atoms with Crippen LogP contribution in [0.25, 0.3) is 11.0 Å². The number of aryl methyl sites for hydroxylation is 1. The van der Waals surface area contributed by atoms with Gasteiger partial charge in [-0.3, -0.25) is 4.79 Å². The molecule has 0 unspecified atom stereocenters. The van der Waals surface area contributed by atoms with Crippen molar-refractivity contribution in [2.45, 2.75) is 45.1 Å². The molecule has 1 fully saturated rings. The van der Waals surface area contributed by atoms with Gasteiger partial charge in [0.15, 0.2) is 0 Å². The van der Waals surface area contributed by atoms with E-state index in [1.807, 2.05) is 0 Å². The Balaban J connectivity index is 1.74. The minimum absolute atomic E-state index is 0.103. The fourth-order valence-corrected chi connectivity index (χ4v) is 2.84. The maximum atomic E-state index is 12.1. The summed E-state index contributed by atoms with van der Waals surface area (Å²) in [6, 6.07) is 1.77. The van der Waals surface area contributed by atoms with Gasteiger partial charge in [0.1, 0.15) is 0 Å². The van der Waals surface area contributed by atoms with Crippen LogP contribution in [0.4, 0.5) is 0 Å². The topological polar surface area (TPSA) is 48.0 Å². The zero-order valence-corrected chi connectivity index (χ0v) is 10.5. The molecule has 0 bridgehead atoms. The summed E-state index contributed by atoms with van der Waals surface area (Å²) in [4.78, 5) is 12.1. The van der Waals surface area contributed by atoms with E-state index in [1.165, 1.54) is 32.1 Å². The monoisotopic (exact) mass is 246 g/mol. The van der Waals surface area contributed by atoms with Gasteiger partial charge in [0.2, 0.25) is 5.58 Å². The van der Waals surface area contributed by atoms with Gasteiger partial charge in [-0.25, -0.2) is 4.68 Å². The van der Waals surface area contributed by atoms with Crippen molar-refractivity contribution in [2.24, 2.45) is 5.92 Å². The van der Waals surface area contributed by atoms with Crippen LogP contribution in [0.15, 0.2) is 27.7 Å². The third-order valence-corrected chi connectivity index (χ3v) is 3.93. The Bertz CT molecular complexity index is 579. The average Bonchev–Trinajstić information content (AvgIpc) is 2.88. The Morgan fingerprint density at radius 3 is 3.00 bits per heavy atom. The van der Waals surface area contributed by atoms with Gasteiger partial charge in [0.05, 0.1) is 12.5 Å². The van der Waals surface area contributed by atoms with E-state index in [4.69, 9.17) is 4.42 Å². The number of fused-ring (bicyclic) bond motifs is 1. The summed E-state index contributed by atoms with van der Waals surface area (Å²) in [5, 5.41) is 4.99. The first-order chi connectivity index (χ1) is 8.84. The second-order valence-electron chi connectivity index (χ2n) is 5.17. The smallest absolute Gasteiger partial charge is 0.310 e. The molecule has 2 aromatic heterocycles. The first kappa shape index (κ1) is 11.5. The van der Waals surface area contributed by atoms with E-state index in [9.17, 15) is 4.79 Å². The first-order valence-corrected chi connectivity index (χ1v) is 6.78. The molecule has 0 saturated heterocycles. The lowest BCUT2D eigenvalue weighted by Gasteiger charge is -2.21. The van der Waals surface area contributed by atoms with Crippen molar-refractivity contribution in [3.63, 3.8) is 0 Å². The third-order valence-electron chi connectivity index (χ3n) is 3.93. The zero-order chi connectivity index (χ0) is 12.4. The summed E-state index contributed by atoms with van der Waals surface area (Å²) in [6.07, 6.45) is 11.0. The summed E-state index contributed by atoms with van der Waals surface area (Å²) in [7, 11) is 0. The summed E-state index contributed by atoms with van der Waals surface area (Å²) < 4.78 is 6.75. The maximum absolute atomic E-state index is 12.1.